The normalized spacial score (nSPS) is 20.9. The van der Waals surface area contributed by atoms with E-state index in [1.165, 1.54) is 29.5 Å². The molecule has 7 rings (SSSR count). The molecule has 4 heterocycles. The van der Waals surface area contributed by atoms with Crippen LogP contribution in [0.15, 0.2) is 54.0 Å². The number of fused-ring (bicyclic) bond motifs is 4. The van der Waals surface area contributed by atoms with E-state index in [1.54, 1.807) is 28.7 Å². The molecule has 38 heavy (non-hydrogen) atoms. The summed E-state index contributed by atoms with van der Waals surface area (Å²) in [4.78, 5) is 27.7. The number of ether oxygens (including phenoxy) is 1. The summed E-state index contributed by atoms with van der Waals surface area (Å²) in [5, 5.41) is 7.35. The lowest BCUT2D eigenvalue weighted by molar-refractivity contribution is 0.000484. The third kappa shape index (κ3) is 3.45. The SMILES string of the molecule is C=CCn1c(=O)c2cnc(Nc3ccc4c(c3)CNCC43CC3)nc2n1-c1ccc2c(n1)[C@@](C)(OC)CC2. The van der Waals surface area contributed by atoms with Crippen molar-refractivity contribution in [2.24, 2.45) is 0 Å². The lowest BCUT2D eigenvalue weighted by Gasteiger charge is -2.26. The molecular formula is C29H31N7O2. The van der Waals surface area contributed by atoms with Gasteiger partial charge in [-0.1, -0.05) is 18.2 Å². The molecule has 1 atom stereocenters. The average Bonchev–Trinajstić information content (AvgIpc) is 3.55. The van der Waals surface area contributed by atoms with Crippen molar-refractivity contribution >= 4 is 22.7 Å². The van der Waals surface area contributed by atoms with Crippen molar-refractivity contribution in [3.63, 3.8) is 0 Å². The van der Waals surface area contributed by atoms with Gasteiger partial charge in [0.15, 0.2) is 11.5 Å². The van der Waals surface area contributed by atoms with Gasteiger partial charge in [-0.25, -0.2) is 19.3 Å². The summed E-state index contributed by atoms with van der Waals surface area (Å²) in [5.74, 6) is 1.04. The van der Waals surface area contributed by atoms with Crippen LogP contribution in [-0.2, 0) is 35.3 Å². The van der Waals surface area contributed by atoms with Crippen LogP contribution in [0.2, 0.25) is 0 Å². The van der Waals surface area contributed by atoms with E-state index in [0.29, 0.717) is 34.8 Å². The van der Waals surface area contributed by atoms with Crippen LogP contribution in [0, 0.1) is 0 Å². The number of nitrogens with one attached hydrogen (secondary N) is 2. The Bertz CT molecular complexity index is 1670. The van der Waals surface area contributed by atoms with Crippen LogP contribution in [0.25, 0.3) is 16.9 Å². The van der Waals surface area contributed by atoms with Gasteiger partial charge >= 0.3 is 0 Å². The minimum Gasteiger partial charge on any atom is -0.372 e. The van der Waals surface area contributed by atoms with Crippen molar-refractivity contribution in [3.05, 3.63) is 81.9 Å². The van der Waals surface area contributed by atoms with Crippen molar-refractivity contribution in [3.8, 4) is 5.82 Å². The van der Waals surface area contributed by atoms with Crippen LogP contribution in [-0.4, -0.2) is 38.0 Å². The minimum absolute atomic E-state index is 0.183. The second-order valence-electron chi connectivity index (χ2n) is 10.9. The van der Waals surface area contributed by atoms with Crippen LogP contribution < -0.4 is 16.2 Å². The van der Waals surface area contributed by atoms with Crippen LogP contribution in [0.3, 0.4) is 0 Å². The maximum Gasteiger partial charge on any atom is 0.278 e. The first-order valence-corrected chi connectivity index (χ1v) is 13.2. The highest BCUT2D eigenvalue weighted by Gasteiger charge is 2.46. The van der Waals surface area contributed by atoms with Gasteiger partial charge in [0.2, 0.25) is 5.95 Å². The van der Waals surface area contributed by atoms with E-state index >= 15 is 0 Å². The number of pyridine rings is 1. The molecule has 3 aliphatic rings. The number of anilines is 2. The highest BCUT2D eigenvalue weighted by Crippen LogP contribution is 2.50. The van der Waals surface area contributed by atoms with Gasteiger partial charge in [0.1, 0.15) is 11.0 Å². The first-order valence-electron chi connectivity index (χ1n) is 13.2. The van der Waals surface area contributed by atoms with Crippen molar-refractivity contribution < 1.29 is 4.74 Å². The average molecular weight is 510 g/mol. The molecule has 9 heteroatoms. The highest BCUT2D eigenvalue weighted by molar-refractivity contribution is 5.77. The summed E-state index contributed by atoms with van der Waals surface area (Å²) in [5.41, 5.74) is 5.95. The number of nitrogens with zero attached hydrogens (tertiary/aromatic N) is 5. The van der Waals surface area contributed by atoms with Crippen molar-refractivity contribution in [2.45, 2.75) is 56.7 Å². The number of aromatic nitrogens is 5. The molecule has 1 aromatic carbocycles. The molecule has 9 nitrogen and oxygen atoms in total. The Morgan fingerprint density at radius 2 is 2.05 bits per heavy atom. The third-order valence-electron chi connectivity index (χ3n) is 8.55. The first kappa shape index (κ1) is 23.3. The lowest BCUT2D eigenvalue weighted by atomic mass is 9.88. The molecule has 0 radical (unpaired) electrons. The second-order valence-corrected chi connectivity index (χ2v) is 10.9. The molecule has 0 unspecified atom stereocenters. The molecule has 0 saturated heterocycles. The standard InChI is InChI=1S/C29H31N7O2/c1-4-13-35-26(37)21-16-31-27(32-20-6-7-22-19(14-20)15-30-17-29(22)11-12-29)34-25(21)36(35)23-8-5-18-9-10-28(2,38-3)24(18)33-23/h4-8,14,16,30H,1,9-13,15,17H2,2-3H3,(H,31,32,34)/t28-/m0/s1. The molecule has 3 aromatic heterocycles. The maximum absolute atomic E-state index is 13.4. The number of hydrogen-bond donors (Lipinski definition) is 2. The number of methoxy groups -OCH3 is 1. The molecule has 0 amide bonds. The third-order valence-corrected chi connectivity index (χ3v) is 8.55. The van der Waals surface area contributed by atoms with E-state index in [1.807, 2.05) is 6.07 Å². The monoisotopic (exact) mass is 509 g/mol. The van der Waals surface area contributed by atoms with Crippen LogP contribution in [0.4, 0.5) is 11.6 Å². The summed E-state index contributed by atoms with van der Waals surface area (Å²) in [7, 11) is 1.72. The number of hydrogen-bond acceptors (Lipinski definition) is 7. The zero-order valence-corrected chi connectivity index (χ0v) is 21.8. The van der Waals surface area contributed by atoms with Gasteiger partial charge in [-0.15, -0.1) is 6.58 Å². The summed E-state index contributed by atoms with van der Waals surface area (Å²) in [6, 6.07) is 10.5. The Kier molecular flexibility index (Phi) is 5.12. The Morgan fingerprint density at radius 1 is 1.18 bits per heavy atom. The smallest absolute Gasteiger partial charge is 0.278 e. The number of aryl methyl sites for hydroxylation is 1. The molecule has 2 aliphatic carbocycles. The number of allylic oxidation sites excluding steroid dienone is 1. The molecule has 0 bridgehead atoms. The fourth-order valence-corrected chi connectivity index (χ4v) is 6.15. The van der Waals surface area contributed by atoms with Crippen molar-refractivity contribution in [2.75, 3.05) is 19.0 Å². The van der Waals surface area contributed by atoms with Gasteiger partial charge in [0, 0.05) is 37.5 Å². The lowest BCUT2D eigenvalue weighted by Crippen LogP contribution is -2.33. The van der Waals surface area contributed by atoms with Gasteiger partial charge < -0.3 is 15.4 Å². The van der Waals surface area contributed by atoms with Crippen molar-refractivity contribution in [1.29, 1.82) is 0 Å². The minimum atomic E-state index is -0.458. The molecule has 1 aliphatic heterocycles. The van der Waals surface area contributed by atoms with Crippen molar-refractivity contribution in [1.82, 2.24) is 29.6 Å². The van der Waals surface area contributed by atoms with Gasteiger partial charge in [0.25, 0.3) is 5.56 Å². The van der Waals surface area contributed by atoms with E-state index in [9.17, 15) is 4.79 Å². The van der Waals surface area contributed by atoms with E-state index in [-0.39, 0.29) is 5.56 Å². The number of benzene rings is 1. The summed E-state index contributed by atoms with van der Waals surface area (Å²) in [6.45, 7) is 8.15. The maximum atomic E-state index is 13.4. The summed E-state index contributed by atoms with van der Waals surface area (Å²) in [6.07, 6.45) is 7.57. The fourth-order valence-electron chi connectivity index (χ4n) is 6.15. The van der Waals surface area contributed by atoms with Crippen LogP contribution in [0.1, 0.15) is 48.6 Å². The second kappa shape index (κ2) is 8.34. The molecular weight excluding hydrogens is 478 g/mol. The molecule has 194 valence electrons. The summed E-state index contributed by atoms with van der Waals surface area (Å²) < 4.78 is 9.20. The zero-order chi connectivity index (χ0) is 26.1. The highest BCUT2D eigenvalue weighted by atomic mass is 16.5. The Hall–Kier alpha value is -3.82. The van der Waals surface area contributed by atoms with E-state index < -0.39 is 5.60 Å². The first-order chi connectivity index (χ1) is 18.4. The zero-order valence-electron chi connectivity index (χ0n) is 21.8. The topological polar surface area (TPSA) is 98.9 Å². The van der Waals surface area contributed by atoms with E-state index in [4.69, 9.17) is 14.7 Å². The van der Waals surface area contributed by atoms with Gasteiger partial charge in [-0.05, 0) is 67.5 Å². The van der Waals surface area contributed by atoms with Gasteiger partial charge in [-0.2, -0.15) is 4.98 Å². The number of rotatable bonds is 6. The van der Waals surface area contributed by atoms with E-state index in [2.05, 4.69) is 53.4 Å². The Labute approximate surface area is 220 Å². The molecule has 4 aromatic rings. The van der Waals surface area contributed by atoms with E-state index in [0.717, 1.165) is 37.3 Å². The van der Waals surface area contributed by atoms with Gasteiger partial charge in [-0.3, -0.25) is 4.79 Å². The quantitative estimate of drug-likeness (QED) is 0.381. The molecule has 1 spiro atoms. The molecule has 1 fully saturated rings. The fraction of sp³-hybridized carbons (Fsp3) is 0.379. The van der Waals surface area contributed by atoms with Crippen LogP contribution in [0.5, 0.6) is 0 Å². The summed E-state index contributed by atoms with van der Waals surface area (Å²) >= 11 is 0. The van der Waals surface area contributed by atoms with Gasteiger partial charge in [0.05, 0.1) is 12.2 Å². The Balaban J connectivity index is 1.32. The predicted molar refractivity (Wildman–Crippen MR) is 146 cm³/mol. The predicted octanol–water partition coefficient (Wildman–Crippen LogP) is 3.85. The Morgan fingerprint density at radius 3 is 2.84 bits per heavy atom. The molecule has 1 saturated carbocycles. The largest absolute Gasteiger partial charge is 0.372 e. The van der Waals surface area contributed by atoms with Crippen LogP contribution >= 0.6 is 0 Å². The molecule has 2 N–H and O–H groups in total.